The molecule has 4 heteroatoms. The smallest absolute Gasteiger partial charge is 0.169 e. The van der Waals surface area contributed by atoms with E-state index in [0.717, 1.165) is 5.39 Å². The highest BCUT2D eigenvalue weighted by Crippen LogP contribution is 2.39. The average Bonchev–Trinajstić information content (AvgIpc) is 2.37. The molecule has 88 valence electrons. The molecule has 0 radical (unpaired) electrons. The molecule has 0 fully saturated rings. The van der Waals surface area contributed by atoms with Gasteiger partial charge in [0, 0.05) is 5.39 Å². The highest BCUT2D eigenvalue weighted by Gasteiger charge is 2.14. The lowest BCUT2D eigenvalue weighted by Crippen LogP contribution is -1.94. The third-order valence-electron chi connectivity index (χ3n) is 2.66. The molecule has 4 nitrogen and oxygen atoms in total. The van der Waals surface area contributed by atoms with Crippen LogP contribution in [-0.2, 0) is 0 Å². The number of carbonyl (C=O) groups is 1. The second kappa shape index (κ2) is 4.33. The minimum absolute atomic E-state index is 0.0703. The molecule has 17 heavy (non-hydrogen) atoms. The second-order valence-electron chi connectivity index (χ2n) is 3.52. The van der Waals surface area contributed by atoms with E-state index in [4.69, 9.17) is 9.47 Å². The number of hydrogen-bond acceptors (Lipinski definition) is 4. The first-order valence-corrected chi connectivity index (χ1v) is 5.04. The Morgan fingerprint density at radius 1 is 1.12 bits per heavy atom. The minimum Gasteiger partial charge on any atom is -0.507 e. The number of rotatable bonds is 3. The molecule has 0 saturated heterocycles. The summed E-state index contributed by atoms with van der Waals surface area (Å²) in [5.74, 6) is 0.899. The van der Waals surface area contributed by atoms with Crippen molar-refractivity contribution in [1.82, 2.24) is 0 Å². The molecule has 0 amide bonds. The summed E-state index contributed by atoms with van der Waals surface area (Å²) in [6.07, 6.45) is 0.611. The number of hydrogen-bond donors (Lipinski definition) is 1. The molecular formula is C13H12O4. The van der Waals surface area contributed by atoms with E-state index in [0.29, 0.717) is 23.2 Å². The number of aromatic hydroxyl groups is 1. The van der Waals surface area contributed by atoms with E-state index in [1.165, 1.54) is 20.3 Å². The number of carbonyl (C=O) groups excluding carboxylic acids is 1. The van der Waals surface area contributed by atoms with Crippen LogP contribution in [0, 0.1) is 0 Å². The normalized spacial score (nSPS) is 10.2. The van der Waals surface area contributed by atoms with Crippen molar-refractivity contribution < 1.29 is 19.4 Å². The molecule has 0 bridgehead atoms. The van der Waals surface area contributed by atoms with Crippen LogP contribution in [0.3, 0.4) is 0 Å². The Labute approximate surface area is 98.4 Å². The number of fused-ring (bicyclic) bond motifs is 1. The van der Waals surface area contributed by atoms with Gasteiger partial charge in [0.25, 0.3) is 0 Å². The van der Waals surface area contributed by atoms with E-state index in [1.807, 2.05) is 6.07 Å². The monoisotopic (exact) mass is 232 g/mol. The van der Waals surface area contributed by atoms with Gasteiger partial charge in [0.15, 0.2) is 17.8 Å². The Kier molecular flexibility index (Phi) is 2.87. The molecule has 0 aliphatic heterocycles. The maximum absolute atomic E-state index is 11.1. The van der Waals surface area contributed by atoms with Gasteiger partial charge >= 0.3 is 0 Å². The van der Waals surface area contributed by atoms with Gasteiger partial charge in [-0.25, -0.2) is 0 Å². The van der Waals surface area contributed by atoms with Gasteiger partial charge in [0.1, 0.15) is 5.75 Å². The number of phenols is 1. The van der Waals surface area contributed by atoms with E-state index in [9.17, 15) is 9.90 Å². The SMILES string of the molecule is COc1ccc2ccc(O)c(C=O)c2c1OC. The first-order chi connectivity index (χ1) is 8.22. The van der Waals surface area contributed by atoms with E-state index in [2.05, 4.69) is 0 Å². The molecule has 0 saturated carbocycles. The zero-order valence-corrected chi connectivity index (χ0v) is 9.56. The van der Waals surface area contributed by atoms with Crippen LogP contribution in [0.15, 0.2) is 24.3 Å². The summed E-state index contributed by atoms with van der Waals surface area (Å²) in [7, 11) is 3.02. The van der Waals surface area contributed by atoms with Crippen molar-refractivity contribution in [2.45, 2.75) is 0 Å². The Morgan fingerprint density at radius 3 is 2.41 bits per heavy atom. The van der Waals surface area contributed by atoms with E-state index < -0.39 is 0 Å². The maximum Gasteiger partial charge on any atom is 0.169 e. The number of methoxy groups -OCH3 is 2. The van der Waals surface area contributed by atoms with Gasteiger partial charge in [-0.1, -0.05) is 12.1 Å². The second-order valence-corrected chi connectivity index (χ2v) is 3.52. The lowest BCUT2D eigenvalue weighted by atomic mass is 10.0. The lowest BCUT2D eigenvalue weighted by molar-refractivity contribution is 0.112. The van der Waals surface area contributed by atoms with Gasteiger partial charge in [-0.15, -0.1) is 0 Å². The topological polar surface area (TPSA) is 55.8 Å². The third kappa shape index (κ3) is 1.67. The Morgan fingerprint density at radius 2 is 1.82 bits per heavy atom. The number of aldehydes is 1. The summed E-state index contributed by atoms with van der Waals surface area (Å²) < 4.78 is 10.4. The summed E-state index contributed by atoms with van der Waals surface area (Å²) >= 11 is 0. The first-order valence-electron chi connectivity index (χ1n) is 5.04. The largest absolute Gasteiger partial charge is 0.507 e. The van der Waals surface area contributed by atoms with E-state index in [-0.39, 0.29) is 11.3 Å². The van der Waals surface area contributed by atoms with Crippen LogP contribution in [0.25, 0.3) is 10.8 Å². The maximum atomic E-state index is 11.1. The molecule has 2 rings (SSSR count). The van der Waals surface area contributed by atoms with Gasteiger partial charge in [-0.2, -0.15) is 0 Å². The van der Waals surface area contributed by atoms with Crippen molar-refractivity contribution in [2.24, 2.45) is 0 Å². The van der Waals surface area contributed by atoms with Crippen LogP contribution in [0.5, 0.6) is 17.2 Å². The van der Waals surface area contributed by atoms with Crippen LogP contribution in [0.1, 0.15) is 10.4 Å². The fourth-order valence-electron chi connectivity index (χ4n) is 1.86. The van der Waals surface area contributed by atoms with E-state index >= 15 is 0 Å². The van der Waals surface area contributed by atoms with Crippen molar-refractivity contribution in [3.05, 3.63) is 29.8 Å². The Hall–Kier alpha value is -2.23. The molecule has 0 aliphatic carbocycles. The van der Waals surface area contributed by atoms with E-state index in [1.54, 1.807) is 12.1 Å². The quantitative estimate of drug-likeness (QED) is 0.825. The highest BCUT2D eigenvalue weighted by molar-refractivity contribution is 6.05. The number of ether oxygens (including phenoxy) is 2. The average molecular weight is 232 g/mol. The molecule has 1 N–H and O–H groups in total. The van der Waals surface area contributed by atoms with Crippen molar-refractivity contribution in [3.63, 3.8) is 0 Å². The lowest BCUT2D eigenvalue weighted by Gasteiger charge is -2.12. The van der Waals surface area contributed by atoms with Crippen LogP contribution in [0.2, 0.25) is 0 Å². The van der Waals surface area contributed by atoms with Crippen molar-refractivity contribution in [3.8, 4) is 17.2 Å². The molecule has 0 unspecified atom stereocenters. The standard InChI is InChI=1S/C13H12O4/c1-16-11-6-4-8-3-5-10(15)9(7-14)12(8)13(11)17-2/h3-7,15H,1-2H3. The highest BCUT2D eigenvalue weighted by atomic mass is 16.5. The van der Waals surface area contributed by atoms with Gasteiger partial charge in [-0.05, 0) is 17.5 Å². The summed E-state index contributed by atoms with van der Waals surface area (Å²) in [4.78, 5) is 11.1. The van der Waals surface area contributed by atoms with Gasteiger partial charge in [-0.3, -0.25) is 4.79 Å². The molecule has 2 aromatic carbocycles. The van der Waals surface area contributed by atoms with Gasteiger partial charge in [0.05, 0.1) is 19.8 Å². The summed E-state index contributed by atoms with van der Waals surface area (Å²) in [6, 6.07) is 6.77. The molecular weight excluding hydrogens is 220 g/mol. The van der Waals surface area contributed by atoms with Crippen molar-refractivity contribution in [2.75, 3.05) is 14.2 Å². The van der Waals surface area contributed by atoms with Crippen LogP contribution >= 0.6 is 0 Å². The Bertz CT molecular complexity index is 575. The Balaban J connectivity index is 2.94. The summed E-state index contributed by atoms with van der Waals surface area (Å²) in [6.45, 7) is 0. The van der Waals surface area contributed by atoms with Crippen molar-refractivity contribution >= 4 is 17.1 Å². The summed E-state index contributed by atoms with van der Waals surface area (Å²) in [5.41, 5.74) is 0.207. The van der Waals surface area contributed by atoms with Crippen LogP contribution in [-0.4, -0.2) is 25.6 Å². The molecule has 2 aromatic rings. The fraction of sp³-hybridized carbons (Fsp3) is 0.154. The number of benzene rings is 2. The first kappa shape index (κ1) is 11.3. The summed E-state index contributed by atoms with van der Waals surface area (Å²) in [5, 5.41) is 11.0. The minimum atomic E-state index is -0.0703. The van der Waals surface area contributed by atoms with Gasteiger partial charge < -0.3 is 14.6 Å². The molecule has 0 heterocycles. The molecule has 0 spiro atoms. The van der Waals surface area contributed by atoms with Crippen LogP contribution < -0.4 is 9.47 Å². The van der Waals surface area contributed by atoms with Crippen LogP contribution in [0.4, 0.5) is 0 Å². The predicted octanol–water partition coefficient (Wildman–Crippen LogP) is 2.38. The molecule has 0 aliphatic rings. The molecule has 0 atom stereocenters. The number of phenolic OH excluding ortho intramolecular Hbond substituents is 1. The zero-order chi connectivity index (χ0) is 12.4. The third-order valence-corrected chi connectivity index (χ3v) is 2.66. The zero-order valence-electron chi connectivity index (χ0n) is 9.56. The fourth-order valence-corrected chi connectivity index (χ4v) is 1.86. The van der Waals surface area contributed by atoms with Gasteiger partial charge in [0.2, 0.25) is 0 Å². The predicted molar refractivity (Wildman–Crippen MR) is 64.1 cm³/mol. The molecule has 0 aromatic heterocycles. The van der Waals surface area contributed by atoms with Crippen molar-refractivity contribution in [1.29, 1.82) is 0 Å².